The lowest BCUT2D eigenvalue weighted by Gasteiger charge is -2.21. The molecule has 0 bridgehead atoms. The molecule has 0 fully saturated rings. The minimum Gasteiger partial charge on any atom is -0.493 e. The van der Waals surface area contributed by atoms with Crippen LogP contribution in [0.25, 0.3) is 10.2 Å². The Balaban J connectivity index is 1.33. The number of hydrogen-bond donors (Lipinski definition) is 1. The average Bonchev–Trinajstić information content (AvgIpc) is 3.66. The Bertz CT molecular complexity index is 1800. The van der Waals surface area contributed by atoms with Crippen LogP contribution in [-0.2, 0) is 15.8 Å². The summed E-state index contributed by atoms with van der Waals surface area (Å²) in [6, 6.07) is 11.3. The Morgan fingerprint density at radius 2 is 1.63 bits per heavy atom. The molecule has 0 aliphatic carbocycles. The number of halogens is 3. The lowest BCUT2D eigenvalue weighted by atomic mass is 9.97. The molecule has 0 saturated heterocycles. The lowest BCUT2D eigenvalue weighted by Crippen LogP contribution is -2.24. The summed E-state index contributed by atoms with van der Waals surface area (Å²) in [7, 11) is 5.97. The van der Waals surface area contributed by atoms with Gasteiger partial charge in [-0.1, -0.05) is 17.4 Å². The van der Waals surface area contributed by atoms with Crippen LogP contribution < -0.4 is 29.0 Å². The summed E-state index contributed by atoms with van der Waals surface area (Å²) in [6.07, 6.45) is -4.16. The van der Waals surface area contributed by atoms with Gasteiger partial charge in [-0.2, -0.15) is 18.3 Å². The molecule has 1 aliphatic rings. The molecule has 1 aliphatic heterocycles. The van der Waals surface area contributed by atoms with Gasteiger partial charge in [-0.15, -0.1) is 0 Å². The molecule has 0 saturated carbocycles. The maximum absolute atomic E-state index is 13.1. The summed E-state index contributed by atoms with van der Waals surface area (Å²) in [5.41, 5.74) is 1.24. The van der Waals surface area contributed by atoms with Crippen molar-refractivity contribution in [2.45, 2.75) is 25.6 Å². The van der Waals surface area contributed by atoms with Gasteiger partial charge in [-0.05, 0) is 48.0 Å². The molecule has 1 unspecified atom stereocenters. The first-order valence-electron chi connectivity index (χ1n) is 13.7. The van der Waals surface area contributed by atoms with Crippen molar-refractivity contribution in [3.63, 3.8) is 0 Å². The van der Waals surface area contributed by atoms with E-state index in [2.05, 4.69) is 15.4 Å². The summed E-state index contributed by atoms with van der Waals surface area (Å²) < 4.78 is 67.3. The predicted molar refractivity (Wildman–Crippen MR) is 164 cm³/mol. The monoisotopic (exact) mass is 658 g/mol. The number of carbonyl (C=O) groups excluding carboxylic acids is 2. The summed E-state index contributed by atoms with van der Waals surface area (Å²) in [6.45, 7) is 0.962. The number of methoxy groups -OCH3 is 4. The van der Waals surface area contributed by atoms with Crippen LogP contribution in [0.4, 0.5) is 18.3 Å². The van der Waals surface area contributed by atoms with Gasteiger partial charge in [-0.3, -0.25) is 14.9 Å². The number of thiazole rings is 1. The molecule has 0 radical (unpaired) electrons. The Labute approximate surface area is 265 Å². The zero-order valence-corrected chi connectivity index (χ0v) is 26.2. The van der Waals surface area contributed by atoms with Crippen LogP contribution in [0, 0.1) is 0 Å². The molecular weight excluding hydrogens is 629 g/mol. The van der Waals surface area contributed by atoms with Gasteiger partial charge >= 0.3 is 6.18 Å². The second kappa shape index (κ2) is 13.1. The van der Waals surface area contributed by atoms with Crippen LogP contribution in [0.15, 0.2) is 53.6 Å². The predicted octanol–water partition coefficient (Wildman–Crippen LogP) is 6.06. The molecule has 46 heavy (non-hydrogen) atoms. The van der Waals surface area contributed by atoms with Gasteiger partial charge in [-0.25, -0.2) is 9.99 Å². The number of benzene rings is 3. The molecule has 3 aromatic carbocycles. The van der Waals surface area contributed by atoms with Crippen LogP contribution >= 0.6 is 11.3 Å². The van der Waals surface area contributed by atoms with Crippen LogP contribution in [0.5, 0.6) is 28.7 Å². The number of amides is 2. The fraction of sp³-hybridized carbons (Fsp3) is 0.290. The van der Waals surface area contributed by atoms with Gasteiger partial charge in [0.05, 0.1) is 56.0 Å². The Hall–Kier alpha value is -5.05. The number of rotatable bonds is 10. The van der Waals surface area contributed by atoms with E-state index < -0.39 is 30.3 Å². The van der Waals surface area contributed by atoms with E-state index in [0.29, 0.717) is 51.0 Å². The summed E-state index contributed by atoms with van der Waals surface area (Å²) in [4.78, 5) is 29.5. The van der Waals surface area contributed by atoms with Gasteiger partial charge < -0.3 is 23.7 Å². The van der Waals surface area contributed by atoms with Crippen LogP contribution in [0.2, 0.25) is 0 Å². The number of hydrazone groups is 1. The van der Waals surface area contributed by atoms with E-state index in [-0.39, 0.29) is 22.3 Å². The van der Waals surface area contributed by atoms with E-state index in [1.807, 2.05) is 0 Å². The largest absolute Gasteiger partial charge is 0.493 e. The van der Waals surface area contributed by atoms with Gasteiger partial charge in [0, 0.05) is 18.9 Å². The standard InChI is InChI=1S/C31H29F3N4O7S/c1-16(39)38-22(14-20(37-38)18-11-25(42-3)29(44-5)26(12-18)43-4)17-6-8-23(41-2)24(10-17)45-15-28(40)36-30-35-21-13-19(31(32,33)34)7-9-27(21)46-30/h6-13,22H,14-15H2,1-5H3,(H,35,36,40). The summed E-state index contributed by atoms with van der Waals surface area (Å²) >= 11 is 1.04. The van der Waals surface area contributed by atoms with Crippen molar-refractivity contribution in [2.24, 2.45) is 5.10 Å². The van der Waals surface area contributed by atoms with Crippen molar-refractivity contribution in [1.29, 1.82) is 0 Å². The third-order valence-electron chi connectivity index (χ3n) is 7.12. The Kier molecular flexibility index (Phi) is 9.23. The number of anilines is 1. The molecule has 1 N–H and O–H groups in total. The van der Waals surface area contributed by atoms with Crippen molar-refractivity contribution in [2.75, 3.05) is 40.4 Å². The molecular formula is C31H29F3N4O7S. The van der Waals surface area contributed by atoms with Gasteiger partial charge in [0.1, 0.15) is 0 Å². The van der Waals surface area contributed by atoms with E-state index in [1.54, 1.807) is 30.3 Å². The zero-order valence-electron chi connectivity index (χ0n) is 25.4. The van der Waals surface area contributed by atoms with E-state index in [1.165, 1.54) is 46.4 Å². The normalized spacial score (nSPS) is 14.6. The fourth-order valence-corrected chi connectivity index (χ4v) is 5.81. The molecule has 5 rings (SSSR count). The third-order valence-corrected chi connectivity index (χ3v) is 8.08. The average molecular weight is 659 g/mol. The number of carbonyl (C=O) groups is 2. The third kappa shape index (κ3) is 6.63. The fourth-order valence-electron chi connectivity index (χ4n) is 4.95. The van der Waals surface area contributed by atoms with E-state index in [4.69, 9.17) is 23.7 Å². The minimum absolute atomic E-state index is 0.116. The minimum atomic E-state index is -4.51. The molecule has 0 spiro atoms. The first-order chi connectivity index (χ1) is 21.9. The zero-order chi connectivity index (χ0) is 33.2. The number of alkyl halides is 3. The molecule has 11 nitrogen and oxygen atoms in total. The van der Waals surface area contributed by atoms with Crippen molar-refractivity contribution in [1.82, 2.24) is 9.99 Å². The second-order valence-electron chi connectivity index (χ2n) is 9.99. The topological polar surface area (TPSA) is 121 Å². The lowest BCUT2D eigenvalue weighted by molar-refractivity contribution is -0.137. The maximum Gasteiger partial charge on any atom is 0.416 e. The number of ether oxygens (including phenoxy) is 5. The van der Waals surface area contributed by atoms with Crippen molar-refractivity contribution >= 4 is 44.2 Å². The van der Waals surface area contributed by atoms with E-state index >= 15 is 0 Å². The van der Waals surface area contributed by atoms with Crippen LogP contribution in [-0.4, -0.2) is 62.6 Å². The smallest absolute Gasteiger partial charge is 0.416 e. The highest BCUT2D eigenvalue weighted by Crippen LogP contribution is 2.42. The number of nitrogens with zero attached hydrogens (tertiary/aromatic N) is 3. The Morgan fingerprint density at radius 1 is 0.935 bits per heavy atom. The Morgan fingerprint density at radius 3 is 2.24 bits per heavy atom. The quantitative estimate of drug-likeness (QED) is 0.218. The SMILES string of the molecule is COc1ccc(C2CC(c3cc(OC)c(OC)c(OC)c3)=NN2C(C)=O)cc1OCC(=O)Nc1nc2cc(C(F)(F)F)ccc2s1. The molecule has 2 amide bonds. The number of nitrogens with one attached hydrogen (secondary N) is 1. The molecule has 4 aromatic rings. The highest BCUT2D eigenvalue weighted by Gasteiger charge is 2.33. The van der Waals surface area contributed by atoms with E-state index in [0.717, 1.165) is 23.5 Å². The van der Waals surface area contributed by atoms with Gasteiger partial charge in [0.15, 0.2) is 34.7 Å². The first-order valence-corrected chi connectivity index (χ1v) is 14.5. The van der Waals surface area contributed by atoms with Gasteiger partial charge in [0.2, 0.25) is 11.7 Å². The number of fused-ring (bicyclic) bond motifs is 1. The van der Waals surface area contributed by atoms with Crippen molar-refractivity contribution < 1.29 is 46.4 Å². The van der Waals surface area contributed by atoms with E-state index in [9.17, 15) is 22.8 Å². The molecule has 242 valence electrons. The second-order valence-corrected chi connectivity index (χ2v) is 11.0. The number of hydrogen-bond acceptors (Lipinski definition) is 10. The van der Waals surface area contributed by atoms with Crippen molar-refractivity contribution in [3.8, 4) is 28.7 Å². The molecule has 15 heteroatoms. The molecule has 2 heterocycles. The van der Waals surface area contributed by atoms with Crippen molar-refractivity contribution in [3.05, 3.63) is 65.2 Å². The molecule has 1 aromatic heterocycles. The van der Waals surface area contributed by atoms with Crippen LogP contribution in [0.3, 0.4) is 0 Å². The van der Waals surface area contributed by atoms with Gasteiger partial charge in [0.25, 0.3) is 5.91 Å². The summed E-state index contributed by atoms with van der Waals surface area (Å²) in [5.74, 6) is 1.01. The molecule has 1 atom stereocenters. The first kappa shape index (κ1) is 32.3. The number of aromatic nitrogens is 1. The highest BCUT2D eigenvalue weighted by atomic mass is 32.1. The maximum atomic E-state index is 13.1. The summed E-state index contributed by atoms with van der Waals surface area (Å²) in [5, 5.41) is 8.65. The van der Waals surface area contributed by atoms with Crippen LogP contribution in [0.1, 0.15) is 36.1 Å². The highest BCUT2D eigenvalue weighted by molar-refractivity contribution is 7.22.